The van der Waals surface area contributed by atoms with E-state index in [0.29, 0.717) is 6.54 Å². The van der Waals surface area contributed by atoms with Crippen LogP contribution in [0.1, 0.15) is 28.7 Å². The molecule has 36 heavy (non-hydrogen) atoms. The van der Waals surface area contributed by atoms with Crippen LogP contribution >= 0.6 is 11.6 Å². The van der Waals surface area contributed by atoms with Crippen LogP contribution in [0.3, 0.4) is 0 Å². The second-order valence-electron chi connectivity index (χ2n) is 9.76. The number of hydrogen-bond acceptors (Lipinski definition) is 6. The molecule has 0 bridgehead atoms. The Morgan fingerprint density at radius 3 is 2.39 bits per heavy atom. The van der Waals surface area contributed by atoms with Crippen LogP contribution in [-0.2, 0) is 13.6 Å². The first kappa shape index (κ1) is 24.6. The molecule has 5 rings (SSSR count). The Hall–Kier alpha value is -3.10. The molecule has 2 saturated heterocycles. The highest BCUT2D eigenvalue weighted by molar-refractivity contribution is 6.33. The number of halogens is 1. The van der Waals surface area contributed by atoms with Crippen LogP contribution in [0.25, 0.3) is 0 Å². The highest BCUT2D eigenvalue weighted by Crippen LogP contribution is 2.27. The second-order valence-corrected chi connectivity index (χ2v) is 10.2. The molecular weight excluding hydrogens is 474 g/mol. The molecule has 1 aromatic carbocycles. The molecule has 2 aliphatic heterocycles. The molecule has 2 aromatic heterocycles. The van der Waals surface area contributed by atoms with E-state index in [1.807, 2.05) is 36.2 Å². The van der Waals surface area contributed by atoms with E-state index >= 15 is 0 Å². The van der Waals surface area contributed by atoms with Gasteiger partial charge in [-0.05, 0) is 43.7 Å². The molecule has 0 saturated carbocycles. The minimum atomic E-state index is 0.0756. The minimum Gasteiger partial charge on any atom is -0.368 e. The van der Waals surface area contributed by atoms with E-state index in [1.165, 1.54) is 5.56 Å². The molecule has 4 heterocycles. The molecule has 0 N–H and O–H groups in total. The first-order valence-electron chi connectivity index (χ1n) is 12.6. The monoisotopic (exact) mass is 507 g/mol. The molecule has 190 valence electrons. The lowest BCUT2D eigenvalue weighted by atomic mass is 10.1. The molecular formula is C27H34ClN7O. The van der Waals surface area contributed by atoms with Gasteiger partial charge < -0.3 is 19.3 Å². The topological polar surface area (TPSA) is 60.7 Å². The van der Waals surface area contributed by atoms with Gasteiger partial charge in [-0.2, -0.15) is 0 Å². The van der Waals surface area contributed by atoms with E-state index in [9.17, 15) is 4.79 Å². The highest BCUT2D eigenvalue weighted by Gasteiger charge is 2.31. The summed E-state index contributed by atoms with van der Waals surface area (Å²) in [6, 6.07) is 12.0. The van der Waals surface area contributed by atoms with Gasteiger partial charge in [-0.25, -0.2) is 9.97 Å². The van der Waals surface area contributed by atoms with Crippen LogP contribution in [0.15, 0.2) is 48.8 Å². The third kappa shape index (κ3) is 4.92. The van der Waals surface area contributed by atoms with Crippen molar-refractivity contribution < 1.29 is 4.79 Å². The van der Waals surface area contributed by atoms with Crippen LogP contribution in [-0.4, -0.2) is 82.1 Å². The molecule has 2 aliphatic rings. The number of benzene rings is 1. The zero-order valence-corrected chi connectivity index (χ0v) is 22.0. The number of carbonyl (C=O) groups is 1. The minimum absolute atomic E-state index is 0.0756. The van der Waals surface area contributed by atoms with Crippen molar-refractivity contribution in [3.05, 3.63) is 70.8 Å². The number of piperazine rings is 2. The van der Waals surface area contributed by atoms with Gasteiger partial charge >= 0.3 is 0 Å². The summed E-state index contributed by atoms with van der Waals surface area (Å²) in [6.45, 7) is 11.0. The van der Waals surface area contributed by atoms with Crippen molar-refractivity contribution in [3.8, 4) is 0 Å². The van der Waals surface area contributed by atoms with E-state index in [1.54, 1.807) is 12.4 Å². The van der Waals surface area contributed by atoms with Gasteiger partial charge in [0.05, 0.1) is 10.7 Å². The fourth-order valence-corrected chi connectivity index (χ4v) is 5.52. The second kappa shape index (κ2) is 10.5. The van der Waals surface area contributed by atoms with Crippen LogP contribution in [0.4, 0.5) is 11.6 Å². The zero-order chi connectivity index (χ0) is 25.2. The van der Waals surface area contributed by atoms with Gasteiger partial charge in [-0.15, -0.1) is 0 Å². The van der Waals surface area contributed by atoms with E-state index in [-0.39, 0.29) is 11.9 Å². The summed E-state index contributed by atoms with van der Waals surface area (Å²) in [4.78, 5) is 31.3. The summed E-state index contributed by atoms with van der Waals surface area (Å²) < 4.78 is 2.05. The van der Waals surface area contributed by atoms with E-state index in [4.69, 9.17) is 11.6 Å². The van der Waals surface area contributed by atoms with Crippen LogP contribution in [0, 0.1) is 6.92 Å². The van der Waals surface area contributed by atoms with Gasteiger partial charge in [0.2, 0.25) is 5.95 Å². The predicted octanol–water partition coefficient (Wildman–Crippen LogP) is 3.45. The number of hydrogen-bond donors (Lipinski definition) is 0. The highest BCUT2D eigenvalue weighted by atomic mass is 35.5. The Kier molecular flexibility index (Phi) is 7.16. The normalized spacial score (nSPS) is 19.1. The van der Waals surface area contributed by atoms with Crippen molar-refractivity contribution in [2.75, 3.05) is 55.6 Å². The summed E-state index contributed by atoms with van der Waals surface area (Å²) in [5.74, 6) is 0.819. The van der Waals surface area contributed by atoms with Crippen molar-refractivity contribution in [2.45, 2.75) is 26.4 Å². The predicted molar refractivity (Wildman–Crippen MR) is 144 cm³/mol. The summed E-state index contributed by atoms with van der Waals surface area (Å²) in [7, 11) is 2.00. The van der Waals surface area contributed by atoms with Crippen LogP contribution in [0.5, 0.6) is 0 Å². The van der Waals surface area contributed by atoms with Crippen molar-refractivity contribution in [3.63, 3.8) is 0 Å². The molecule has 0 spiro atoms. The summed E-state index contributed by atoms with van der Waals surface area (Å²) in [6.07, 6.45) is 3.52. The number of nitrogens with zero attached hydrogens (tertiary/aromatic N) is 7. The lowest BCUT2D eigenvalue weighted by molar-refractivity contribution is 0.0663. The molecule has 3 aromatic rings. The van der Waals surface area contributed by atoms with Crippen molar-refractivity contribution >= 4 is 29.1 Å². The van der Waals surface area contributed by atoms with Gasteiger partial charge in [-0.1, -0.05) is 23.7 Å². The maximum atomic E-state index is 13.6. The number of rotatable bonds is 5. The number of carbonyl (C=O) groups excluding carboxylic acids is 1. The first-order valence-corrected chi connectivity index (χ1v) is 13.0. The lowest BCUT2D eigenvalue weighted by Crippen LogP contribution is -2.54. The van der Waals surface area contributed by atoms with Gasteiger partial charge in [-0.3, -0.25) is 9.69 Å². The molecule has 8 nitrogen and oxygen atoms in total. The molecule has 1 atom stereocenters. The summed E-state index contributed by atoms with van der Waals surface area (Å²) in [5.41, 5.74) is 4.23. The molecule has 2 fully saturated rings. The Morgan fingerprint density at radius 2 is 1.69 bits per heavy atom. The number of aromatic nitrogens is 3. The standard InChI is InChI=1S/C27H34ClN7O/c1-20-18-34(27-29-9-6-10-30-27)15-16-35(20)26(36)25-17-22(21(2)31(25)3)19-32-11-13-33(14-12-32)24-8-5-4-7-23(24)28/h4-10,17,20H,11-16,18-19H2,1-3H3. The molecule has 1 unspecified atom stereocenters. The Labute approximate surface area is 218 Å². The SMILES string of the molecule is Cc1c(CN2CCN(c3ccccc3Cl)CC2)cc(C(=O)N2CCN(c3ncccn3)CC2C)n1C. The number of amides is 1. The fraction of sp³-hybridized carbons (Fsp3) is 0.444. The first-order chi connectivity index (χ1) is 17.4. The number of anilines is 2. The lowest BCUT2D eigenvalue weighted by Gasteiger charge is -2.39. The zero-order valence-electron chi connectivity index (χ0n) is 21.3. The van der Waals surface area contributed by atoms with E-state index in [2.05, 4.69) is 55.2 Å². The van der Waals surface area contributed by atoms with Gasteiger partial charge in [0.25, 0.3) is 5.91 Å². The maximum absolute atomic E-state index is 13.6. The van der Waals surface area contributed by atoms with Gasteiger partial charge in [0.15, 0.2) is 0 Å². The quantitative estimate of drug-likeness (QED) is 0.527. The van der Waals surface area contributed by atoms with Crippen molar-refractivity contribution in [2.24, 2.45) is 7.05 Å². The summed E-state index contributed by atoms with van der Waals surface area (Å²) in [5, 5.41) is 0.805. The molecule has 0 radical (unpaired) electrons. The Morgan fingerprint density at radius 1 is 1.00 bits per heavy atom. The Bertz CT molecular complexity index is 1210. The largest absolute Gasteiger partial charge is 0.368 e. The molecule has 1 amide bonds. The van der Waals surface area contributed by atoms with Gasteiger partial charge in [0, 0.05) is 83.5 Å². The average molecular weight is 508 g/mol. The molecule has 9 heteroatoms. The van der Waals surface area contributed by atoms with Gasteiger partial charge in [0.1, 0.15) is 5.69 Å². The third-order valence-electron chi connectivity index (χ3n) is 7.54. The van der Waals surface area contributed by atoms with Crippen LogP contribution < -0.4 is 9.80 Å². The summed E-state index contributed by atoms with van der Waals surface area (Å²) >= 11 is 6.40. The fourth-order valence-electron chi connectivity index (χ4n) is 5.27. The molecule has 0 aliphatic carbocycles. The third-order valence-corrected chi connectivity index (χ3v) is 7.86. The smallest absolute Gasteiger partial charge is 0.270 e. The van der Waals surface area contributed by atoms with E-state index < -0.39 is 0 Å². The van der Waals surface area contributed by atoms with E-state index in [0.717, 1.165) is 73.9 Å². The van der Waals surface area contributed by atoms with Crippen LogP contribution in [0.2, 0.25) is 5.02 Å². The maximum Gasteiger partial charge on any atom is 0.270 e. The van der Waals surface area contributed by atoms with Crippen molar-refractivity contribution in [1.29, 1.82) is 0 Å². The average Bonchev–Trinajstić information content (AvgIpc) is 3.18. The Balaban J connectivity index is 1.22. The van der Waals surface area contributed by atoms with Crippen molar-refractivity contribution in [1.82, 2.24) is 24.3 Å². The number of para-hydroxylation sites is 1.